The van der Waals surface area contributed by atoms with Gasteiger partial charge in [-0.3, -0.25) is 0 Å². The number of hydrogen-bond acceptors (Lipinski definition) is 1. The van der Waals surface area contributed by atoms with E-state index in [1.165, 1.54) is 17.7 Å². The van der Waals surface area contributed by atoms with Gasteiger partial charge in [-0.2, -0.15) is 8.78 Å². The second kappa shape index (κ2) is 9.70. The molecule has 0 unspecified atom stereocenters. The summed E-state index contributed by atoms with van der Waals surface area (Å²) in [5.41, 5.74) is 0.202. The lowest BCUT2D eigenvalue weighted by molar-refractivity contribution is -0.189. The molecule has 0 heterocycles. The predicted octanol–water partition coefficient (Wildman–Crippen LogP) is 9.43. The SMILES string of the molecule is CCC1(c2ccc(-c3ccc(-c4cc(F)c(C(F)(F)Oc5cc(F)c(F)c(F)c5)c(F)c4)c(F)c3)cc2)CC1. The normalized spacial score (nSPS) is 14.4. The molecule has 202 valence electrons. The molecular formula is C30H20F8O. The van der Waals surface area contributed by atoms with Crippen LogP contribution in [0.3, 0.4) is 0 Å². The molecule has 39 heavy (non-hydrogen) atoms. The molecule has 0 atom stereocenters. The van der Waals surface area contributed by atoms with Crippen molar-refractivity contribution in [2.24, 2.45) is 0 Å². The number of halogens is 8. The molecule has 1 aliphatic carbocycles. The zero-order chi connectivity index (χ0) is 28.1. The van der Waals surface area contributed by atoms with Crippen LogP contribution in [-0.4, -0.2) is 0 Å². The van der Waals surface area contributed by atoms with Gasteiger partial charge in [-0.1, -0.05) is 43.3 Å². The average molecular weight is 548 g/mol. The molecule has 4 aromatic rings. The number of alkyl halides is 2. The molecule has 0 aromatic heterocycles. The Balaban J connectivity index is 1.42. The lowest BCUT2D eigenvalue weighted by Crippen LogP contribution is -2.25. The summed E-state index contributed by atoms with van der Waals surface area (Å²) in [5, 5.41) is 0. The Morgan fingerprint density at radius 3 is 1.72 bits per heavy atom. The van der Waals surface area contributed by atoms with Crippen molar-refractivity contribution in [1.82, 2.24) is 0 Å². The highest BCUT2D eigenvalue weighted by molar-refractivity contribution is 5.71. The number of benzene rings is 4. The topological polar surface area (TPSA) is 9.23 Å². The molecule has 1 saturated carbocycles. The van der Waals surface area contributed by atoms with E-state index in [-0.39, 0.29) is 28.7 Å². The van der Waals surface area contributed by atoms with Crippen LogP contribution in [0.25, 0.3) is 22.3 Å². The van der Waals surface area contributed by atoms with E-state index in [1.54, 1.807) is 6.07 Å². The Kier molecular flexibility index (Phi) is 6.64. The molecular weight excluding hydrogens is 528 g/mol. The zero-order valence-corrected chi connectivity index (χ0v) is 20.4. The minimum absolute atomic E-state index is 0.106. The van der Waals surface area contributed by atoms with E-state index >= 15 is 4.39 Å². The summed E-state index contributed by atoms with van der Waals surface area (Å²) < 4.78 is 118. The van der Waals surface area contributed by atoms with Gasteiger partial charge in [0.15, 0.2) is 17.5 Å². The molecule has 9 heteroatoms. The van der Waals surface area contributed by atoms with E-state index in [0.717, 1.165) is 24.8 Å². The monoisotopic (exact) mass is 548 g/mol. The second-order valence-corrected chi connectivity index (χ2v) is 9.54. The van der Waals surface area contributed by atoms with Crippen molar-refractivity contribution in [2.45, 2.75) is 37.7 Å². The Bertz CT molecular complexity index is 1510. The van der Waals surface area contributed by atoms with Gasteiger partial charge in [0, 0.05) is 17.7 Å². The summed E-state index contributed by atoms with van der Waals surface area (Å²) in [7, 11) is 0. The van der Waals surface area contributed by atoms with Gasteiger partial charge in [-0.15, -0.1) is 0 Å². The summed E-state index contributed by atoms with van der Waals surface area (Å²) in [6.45, 7) is 2.13. The Morgan fingerprint density at radius 1 is 0.667 bits per heavy atom. The maximum atomic E-state index is 15.0. The quantitative estimate of drug-likeness (QED) is 0.165. The third kappa shape index (κ3) is 4.97. The van der Waals surface area contributed by atoms with Crippen molar-refractivity contribution in [3.05, 3.63) is 113 Å². The molecule has 0 radical (unpaired) electrons. The zero-order valence-electron chi connectivity index (χ0n) is 20.4. The van der Waals surface area contributed by atoms with Gasteiger partial charge in [0.25, 0.3) is 0 Å². The molecule has 0 N–H and O–H groups in total. The van der Waals surface area contributed by atoms with E-state index in [0.29, 0.717) is 17.7 Å². The van der Waals surface area contributed by atoms with Gasteiger partial charge in [-0.05, 0) is 65.1 Å². The summed E-state index contributed by atoms with van der Waals surface area (Å²) in [6.07, 6.45) is -1.46. The average Bonchev–Trinajstić information content (AvgIpc) is 3.68. The van der Waals surface area contributed by atoms with Crippen molar-refractivity contribution in [3.63, 3.8) is 0 Å². The third-order valence-corrected chi connectivity index (χ3v) is 7.18. The maximum absolute atomic E-state index is 15.0. The number of hydrogen-bond donors (Lipinski definition) is 0. The van der Waals surface area contributed by atoms with Crippen LogP contribution in [0, 0.1) is 34.9 Å². The van der Waals surface area contributed by atoms with Crippen LogP contribution in [0.4, 0.5) is 35.1 Å². The summed E-state index contributed by atoms with van der Waals surface area (Å²) >= 11 is 0. The summed E-state index contributed by atoms with van der Waals surface area (Å²) in [4.78, 5) is 0. The first-order valence-electron chi connectivity index (χ1n) is 12.1. The molecule has 1 nitrogen and oxygen atoms in total. The van der Waals surface area contributed by atoms with Crippen LogP contribution in [0.15, 0.2) is 66.7 Å². The van der Waals surface area contributed by atoms with Crippen molar-refractivity contribution >= 4 is 0 Å². The Hall–Kier alpha value is -3.88. The first kappa shape index (κ1) is 26.7. The molecule has 1 fully saturated rings. The predicted molar refractivity (Wildman–Crippen MR) is 129 cm³/mol. The highest BCUT2D eigenvalue weighted by Crippen LogP contribution is 2.51. The number of rotatable bonds is 7. The second-order valence-electron chi connectivity index (χ2n) is 9.54. The van der Waals surface area contributed by atoms with Crippen molar-refractivity contribution < 1.29 is 39.9 Å². The Morgan fingerprint density at radius 2 is 1.21 bits per heavy atom. The fourth-order valence-electron chi connectivity index (χ4n) is 4.74. The van der Waals surface area contributed by atoms with E-state index < -0.39 is 52.3 Å². The Labute approximate surface area is 218 Å². The van der Waals surface area contributed by atoms with E-state index in [2.05, 4.69) is 11.7 Å². The van der Waals surface area contributed by atoms with Gasteiger partial charge in [0.2, 0.25) is 0 Å². The highest BCUT2D eigenvalue weighted by Gasteiger charge is 2.42. The van der Waals surface area contributed by atoms with E-state index in [1.807, 2.05) is 24.3 Å². The first-order chi connectivity index (χ1) is 18.4. The van der Waals surface area contributed by atoms with E-state index in [9.17, 15) is 30.7 Å². The van der Waals surface area contributed by atoms with Gasteiger partial charge < -0.3 is 4.74 Å². The van der Waals surface area contributed by atoms with Crippen LogP contribution in [-0.2, 0) is 11.5 Å². The maximum Gasteiger partial charge on any atom is 0.432 e. The van der Waals surface area contributed by atoms with E-state index in [4.69, 9.17) is 0 Å². The smallest absolute Gasteiger partial charge is 0.429 e. The van der Waals surface area contributed by atoms with Gasteiger partial charge in [0.1, 0.15) is 28.8 Å². The molecule has 5 rings (SSSR count). The molecule has 0 saturated heterocycles. The van der Waals surface area contributed by atoms with Crippen molar-refractivity contribution in [1.29, 1.82) is 0 Å². The molecule has 0 spiro atoms. The molecule has 1 aliphatic rings. The molecule has 0 amide bonds. The lowest BCUT2D eigenvalue weighted by atomic mass is 9.91. The van der Waals surface area contributed by atoms with Gasteiger partial charge in [-0.25, -0.2) is 26.3 Å². The first-order valence-corrected chi connectivity index (χ1v) is 12.1. The summed E-state index contributed by atoms with van der Waals surface area (Å²) in [5.74, 6) is -11.2. The number of ether oxygens (including phenoxy) is 1. The lowest BCUT2D eigenvalue weighted by Gasteiger charge is -2.20. The standard InChI is InChI=1S/C30H20F8O/c1-2-29(9-10-29)19-6-3-16(4-7-19)17-5-8-21(22(31)11-17)18-12-23(32)27(24(33)13-18)30(37,38)39-20-14-25(34)28(36)26(35)15-20/h3-8,11-15H,2,9-10H2,1H3. The molecule has 0 aliphatic heterocycles. The van der Waals surface area contributed by atoms with Crippen LogP contribution >= 0.6 is 0 Å². The third-order valence-electron chi connectivity index (χ3n) is 7.18. The van der Waals surface area contributed by atoms with Crippen LogP contribution < -0.4 is 4.74 Å². The van der Waals surface area contributed by atoms with Crippen LogP contribution in [0.5, 0.6) is 5.75 Å². The minimum atomic E-state index is -4.74. The highest BCUT2D eigenvalue weighted by atomic mass is 19.3. The largest absolute Gasteiger partial charge is 0.432 e. The molecule has 4 aromatic carbocycles. The fourth-order valence-corrected chi connectivity index (χ4v) is 4.74. The van der Waals surface area contributed by atoms with Crippen LogP contribution in [0.1, 0.15) is 37.3 Å². The van der Waals surface area contributed by atoms with Gasteiger partial charge >= 0.3 is 6.11 Å². The fraction of sp³-hybridized carbons (Fsp3) is 0.200. The summed E-state index contributed by atoms with van der Waals surface area (Å²) in [6, 6.07) is 12.9. The molecule has 0 bridgehead atoms. The minimum Gasteiger partial charge on any atom is -0.429 e. The van der Waals surface area contributed by atoms with Gasteiger partial charge in [0.05, 0.1) is 0 Å². The van der Waals surface area contributed by atoms with Crippen LogP contribution in [0.2, 0.25) is 0 Å². The van der Waals surface area contributed by atoms with Crippen molar-refractivity contribution in [2.75, 3.05) is 0 Å². The van der Waals surface area contributed by atoms with Crippen molar-refractivity contribution in [3.8, 4) is 28.0 Å².